The third-order valence-corrected chi connectivity index (χ3v) is 6.17. The Bertz CT molecular complexity index is 988. The Morgan fingerprint density at radius 1 is 1.03 bits per heavy atom. The molecule has 0 aliphatic heterocycles. The number of fused-ring (bicyclic) bond motifs is 1. The van der Waals surface area contributed by atoms with E-state index >= 15 is 0 Å². The molecule has 0 bridgehead atoms. The highest BCUT2D eigenvalue weighted by molar-refractivity contribution is 7.22. The second-order valence-corrected chi connectivity index (χ2v) is 7.94. The summed E-state index contributed by atoms with van der Waals surface area (Å²) in [5.41, 5.74) is 1.77. The number of amides is 1. The molecule has 0 saturated carbocycles. The zero-order chi connectivity index (χ0) is 22.2. The Kier molecular flexibility index (Phi) is 8.03. The summed E-state index contributed by atoms with van der Waals surface area (Å²) < 4.78 is 11.8. The fraction of sp³-hybridized carbons (Fsp3) is 0.333. The third kappa shape index (κ3) is 5.62. The Morgan fingerprint density at radius 3 is 2.35 bits per heavy atom. The number of carbonyl (C=O) groups is 1. The molecule has 0 atom stereocenters. The van der Waals surface area contributed by atoms with E-state index in [0.717, 1.165) is 35.4 Å². The van der Waals surface area contributed by atoms with Gasteiger partial charge in [0.05, 0.1) is 24.4 Å². The topological polar surface area (TPSA) is 54.9 Å². The van der Waals surface area contributed by atoms with Gasteiger partial charge in [0.25, 0.3) is 5.91 Å². The van der Waals surface area contributed by atoms with E-state index in [-0.39, 0.29) is 5.91 Å². The van der Waals surface area contributed by atoms with Gasteiger partial charge in [-0.25, -0.2) is 4.98 Å². The largest absolute Gasteiger partial charge is 0.493 e. The molecular weight excluding hydrogens is 410 g/mol. The zero-order valence-corrected chi connectivity index (χ0v) is 19.3. The smallest absolute Gasteiger partial charge is 0.252 e. The van der Waals surface area contributed by atoms with Gasteiger partial charge in [-0.3, -0.25) is 9.69 Å². The van der Waals surface area contributed by atoms with Crippen LogP contribution in [0.5, 0.6) is 11.5 Å². The normalized spacial score (nSPS) is 11.4. The summed E-state index contributed by atoms with van der Waals surface area (Å²) in [5.74, 6) is 1.18. The van der Waals surface area contributed by atoms with Crippen molar-refractivity contribution in [3.8, 4) is 11.5 Å². The quantitative estimate of drug-likeness (QED) is 0.429. The molecule has 1 heterocycles. The van der Waals surface area contributed by atoms with Crippen molar-refractivity contribution in [2.75, 3.05) is 45.3 Å². The maximum absolute atomic E-state index is 13.2. The number of anilines is 1. The van der Waals surface area contributed by atoms with Crippen molar-refractivity contribution < 1.29 is 14.3 Å². The molecule has 0 aliphatic rings. The van der Waals surface area contributed by atoms with Gasteiger partial charge in [-0.05, 0) is 24.7 Å². The number of methoxy groups -OCH3 is 2. The molecule has 0 unspecified atom stereocenters. The van der Waals surface area contributed by atoms with Gasteiger partial charge in [-0.1, -0.05) is 55.5 Å². The van der Waals surface area contributed by atoms with E-state index in [2.05, 4.69) is 18.7 Å². The van der Waals surface area contributed by atoms with Crippen LogP contribution in [-0.2, 0) is 4.79 Å². The SMILES string of the molecule is CCN(CC)CCN(C(=O)C=Cc1ccccc1)c1nc2cc(OC)c(OC)cc2s1. The standard InChI is InChI=1S/C24H29N3O3S/c1-5-26(6-2)14-15-27(23(28)13-12-18-10-8-7-9-11-18)24-25-19-16-20(29-3)21(30-4)17-22(19)31-24/h7-13,16-17H,5-6,14-15H2,1-4H3. The molecule has 0 saturated heterocycles. The number of nitrogens with zero attached hydrogens (tertiary/aromatic N) is 3. The first-order chi connectivity index (χ1) is 15.1. The lowest BCUT2D eigenvalue weighted by atomic mass is 10.2. The van der Waals surface area contributed by atoms with Crippen LogP contribution in [0.2, 0.25) is 0 Å². The van der Waals surface area contributed by atoms with E-state index in [9.17, 15) is 4.79 Å². The van der Waals surface area contributed by atoms with E-state index in [0.29, 0.717) is 23.2 Å². The predicted octanol–water partition coefficient (Wildman–Crippen LogP) is 4.70. The molecule has 2 aromatic carbocycles. The highest BCUT2D eigenvalue weighted by Gasteiger charge is 2.20. The van der Waals surface area contributed by atoms with E-state index in [1.54, 1.807) is 25.2 Å². The molecule has 3 aromatic rings. The van der Waals surface area contributed by atoms with Crippen molar-refractivity contribution in [1.29, 1.82) is 0 Å². The number of rotatable bonds is 10. The minimum atomic E-state index is -0.0889. The van der Waals surface area contributed by atoms with Gasteiger partial charge in [-0.2, -0.15) is 0 Å². The number of hydrogen-bond acceptors (Lipinski definition) is 6. The summed E-state index contributed by atoms with van der Waals surface area (Å²) in [7, 11) is 3.21. The maximum Gasteiger partial charge on any atom is 0.252 e. The Labute approximate surface area is 187 Å². The zero-order valence-electron chi connectivity index (χ0n) is 18.5. The van der Waals surface area contributed by atoms with Crippen LogP contribution in [0.3, 0.4) is 0 Å². The lowest BCUT2D eigenvalue weighted by molar-refractivity contribution is -0.114. The average Bonchev–Trinajstić information content (AvgIpc) is 3.22. The van der Waals surface area contributed by atoms with Gasteiger partial charge in [-0.15, -0.1) is 0 Å². The summed E-state index contributed by atoms with van der Waals surface area (Å²) in [6, 6.07) is 13.6. The summed E-state index contributed by atoms with van der Waals surface area (Å²) in [4.78, 5) is 21.9. The minimum absolute atomic E-state index is 0.0889. The van der Waals surface area contributed by atoms with Gasteiger partial charge >= 0.3 is 0 Å². The number of aromatic nitrogens is 1. The molecule has 0 radical (unpaired) electrons. The maximum atomic E-state index is 13.2. The van der Waals surface area contributed by atoms with Crippen molar-refractivity contribution in [1.82, 2.24) is 9.88 Å². The molecule has 1 amide bonds. The molecule has 0 spiro atoms. The van der Waals surface area contributed by atoms with E-state index in [1.165, 1.54) is 11.3 Å². The van der Waals surface area contributed by atoms with Crippen LogP contribution in [0.1, 0.15) is 19.4 Å². The number of benzene rings is 2. The average molecular weight is 440 g/mol. The van der Waals surface area contributed by atoms with E-state index in [1.807, 2.05) is 48.5 Å². The van der Waals surface area contributed by atoms with Gasteiger partial charge in [0.2, 0.25) is 0 Å². The third-order valence-electron chi connectivity index (χ3n) is 5.13. The van der Waals surface area contributed by atoms with Crippen LogP contribution < -0.4 is 14.4 Å². The molecule has 3 rings (SSSR count). The lowest BCUT2D eigenvalue weighted by Gasteiger charge is -2.23. The van der Waals surface area contributed by atoms with Crippen molar-refractivity contribution in [2.45, 2.75) is 13.8 Å². The molecular formula is C24H29N3O3S. The van der Waals surface area contributed by atoms with Crippen molar-refractivity contribution in [3.05, 3.63) is 54.1 Å². The van der Waals surface area contributed by atoms with Crippen molar-refractivity contribution in [2.24, 2.45) is 0 Å². The Balaban J connectivity index is 1.92. The molecule has 0 N–H and O–H groups in total. The molecule has 7 heteroatoms. The Hall–Kier alpha value is -2.90. The molecule has 164 valence electrons. The summed E-state index contributed by atoms with van der Waals surface area (Å²) >= 11 is 1.48. The summed E-state index contributed by atoms with van der Waals surface area (Å²) in [6.45, 7) is 7.47. The first-order valence-corrected chi connectivity index (χ1v) is 11.2. The second-order valence-electron chi connectivity index (χ2n) is 6.93. The van der Waals surface area contributed by atoms with E-state index < -0.39 is 0 Å². The van der Waals surface area contributed by atoms with Crippen LogP contribution in [0.15, 0.2) is 48.5 Å². The predicted molar refractivity (Wildman–Crippen MR) is 128 cm³/mol. The van der Waals surface area contributed by atoms with Crippen LogP contribution >= 0.6 is 11.3 Å². The number of carbonyl (C=O) groups excluding carboxylic acids is 1. The number of likely N-dealkylation sites (N-methyl/N-ethyl adjacent to an activating group) is 1. The fourth-order valence-electron chi connectivity index (χ4n) is 3.26. The van der Waals surface area contributed by atoms with Crippen molar-refractivity contribution >= 4 is 38.7 Å². The van der Waals surface area contributed by atoms with Crippen molar-refractivity contribution in [3.63, 3.8) is 0 Å². The Morgan fingerprint density at radius 2 is 1.71 bits per heavy atom. The number of ether oxygens (including phenoxy) is 2. The van der Waals surface area contributed by atoms with Gasteiger partial charge < -0.3 is 14.4 Å². The summed E-state index contributed by atoms with van der Waals surface area (Å²) in [5, 5.41) is 0.667. The second kappa shape index (κ2) is 10.9. The molecule has 0 aliphatic carbocycles. The number of thiazole rings is 1. The van der Waals surface area contributed by atoms with Gasteiger partial charge in [0.15, 0.2) is 16.6 Å². The summed E-state index contributed by atoms with van der Waals surface area (Å²) in [6.07, 6.45) is 3.46. The first-order valence-electron chi connectivity index (χ1n) is 10.4. The molecule has 0 fully saturated rings. The molecule has 6 nitrogen and oxygen atoms in total. The van der Waals surface area contributed by atoms with E-state index in [4.69, 9.17) is 14.5 Å². The van der Waals surface area contributed by atoms with Crippen LogP contribution in [-0.4, -0.2) is 56.2 Å². The lowest BCUT2D eigenvalue weighted by Crippen LogP contribution is -2.38. The molecule has 31 heavy (non-hydrogen) atoms. The van der Waals surface area contributed by atoms with Crippen LogP contribution in [0, 0.1) is 0 Å². The minimum Gasteiger partial charge on any atom is -0.493 e. The van der Waals surface area contributed by atoms with Gasteiger partial charge in [0.1, 0.15) is 0 Å². The monoisotopic (exact) mass is 439 g/mol. The van der Waals surface area contributed by atoms with Crippen LogP contribution in [0.4, 0.5) is 5.13 Å². The van der Waals surface area contributed by atoms with Crippen LogP contribution in [0.25, 0.3) is 16.3 Å². The molecule has 1 aromatic heterocycles. The fourth-order valence-corrected chi connectivity index (χ4v) is 4.27. The highest BCUT2D eigenvalue weighted by Crippen LogP contribution is 2.37. The van der Waals surface area contributed by atoms with Gasteiger partial charge in [0, 0.05) is 31.3 Å². The first kappa shape index (κ1) is 22.8. The number of hydrogen-bond donors (Lipinski definition) is 0. The highest BCUT2D eigenvalue weighted by atomic mass is 32.1.